The topological polar surface area (TPSA) is 104 Å². The summed E-state index contributed by atoms with van der Waals surface area (Å²) in [7, 11) is 0. The van der Waals surface area contributed by atoms with E-state index < -0.39 is 12.3 Å². The number of benzene rings is 1. The minimum absolute atomic E-state index is 0.294. The molecule has 1 aromatic rings. The van der Waals surface area contributed by atoms with Gasteiger partial charge in [-0.25, -0.2) is 9.59 Å². The third kappa shape index (κ3) is 11.8. The van der Waals surface area contributed by atoms with Crippen molar-refractivity contribution in [1.82, 2.24) is 0 Å². The van der Waals surface area contributed by atoms with Crippen molar-refractivity contribution in [1.29, 1.82) is 0 Å². The van der Waals surface area contributed by atoms with E-state index in [2.05, 4.69) is 16.9 Å². The zero-order chi connectivity index (χ0) is 13.8. The molecule has 0 aromatic heterocycles. The van der Waals surface area contributed by atoms with Crippen LogP contribution < -0.4 is 0 Å². The van der Waals surface area contributed by atoms with Gasteiger partial charge in [-0.2, -0.15) is 0 Å². The molecule has 1 aromatic carbocycles. The highest BCUT2D eigenvalue weighted by atomic mass is 16.7. The second-order valence-electron chi connectivity index (χ2n) is 3.34. The van der Waals surface area contributed by atoms with E-state index in [0.717, 1.165) is 19.3 Å². The van der Waals surface area contributed by atoms with E-state index in [4.69, 9.17) is 20.1 Å². The van der Waals surface area contributed by atoms with Crippen LogP contribution >= 0.6 is 0 Å². The third-order valence-corrected chi connectivity index (χ3v) is 1.93. The second-order valence-corrected chi connectivity index (χ2v) is 3.34. The van der Waals surface area contributed by atoms with Gasteiger partial charge >= 0.3 is 12.3 Å². The zero-order valence-electron chi connectivity index (χ0n) is 9.78. The molecule has 0 saturated heterocycles. The Labute approximate surface area is 104 Å². The normalized spacial score (nSPS) is 8.89. The number of hydrogen-bond acceptors (Lipinski definition) is 3. The molecular formula is C12H16O6. The van der Waals surface area contributed by atoms with Crippen LogP contribution in [0.5, 0.6) is 0 Å². The van der Waals surface area contributed by atoms with Gasteiger partial charge in [-0.3, -0.25) is 0 Å². The van der Waals surface area contributed by atoms with Crippen LogP contribution in [0.15, 0.2) is 30.3 Å². The summed E-state index contributed by atoms with van der Waals surface area (Å²) in [4.78, 5) is 18.6. The molecule has 0 aliphatic carbocycles. The number of rotatable bonds is 5. The minimum Gasteiger partial charge on any atom is -0.450 e. The fourth-order valence-corrected chi connectivity index (χ4v) is 1.24. The molecule has 0 amide bonds. The highest BCUT2D eigenvalue weighted by molar-refractivity contribution is 5.56. The molecule has 0 aliphatic heterocycles. The Balaban J connectivity index is 0.000000631. The maximum atomic E-state index is 10.0. The van der Waals surface area contributed by atoms with E-state index in [9.17, 15) is 4.79 Å². The van der Waals surface area contributed by atoms with Crippen LogP contribution in [-0.2, 0) is 11.2 Å². The SMILES string of the molecule is O=C(O)O.O=C(O)OCCCCc1ccccc1. The fourth-order valence-electron chi connectivity index (χ4n) is 1.24. The van der Waals surface area contributed by atoms with Crippen LogP contribution in [0, 0.1) is 0 Å². The van der Waals surface area contributed by atoms with Crippen molar-refractivity contribution < 1.29 is 29.6 Å². The first-order valence-corrected chi connectivity index (χ1v) is 5.34. The molecule has 0 bridgehead atoms. The average molecular weight is 256 g/mol. The lowest BCUT2D eigenvalue weighted by molar-refractivity contribution is 0.0901. The lowest BCUT2D eigenvalue weighted by Gasteiger charge is -2.01. The van der Waals surface area contributed by atoms with Gasteiger partial charge in [-0.1, -0.05) is 30.3 Å². The third-order valence-electron chi connectivity index (χ3n) is 1.93. The maximum Gasteiger partial charge on any atom is 0.505 e. The number of carboxylic acid groups (broad SMARTS) is 3. The molecule has 0 unspecified atom stereocenters. The Bertz CT molecular complexity index is 345. The summed E-state index contributed by atoms with van der Waals surface area (Å²) >= 11 is 0. The Kier molecular flexibility index (Phi) is 8.71. The summed E-state index contributed by atoms with van der Waals surface area (Å²) in [5.41, 5.74) is 1.28. The van der Waals surface area contributed by atoms with Gasteiger partial charge in [-0.05, 0) is 24.8 Å². The molecule has 0 heterocycles. The van der Waals surface area contributed by atoms with Gasteiger partial charge in [0.25, 0.3) is 0 Å². The highest BCUT2D eigenvalue weighted by Gasteiger charge is 1.96. The van der Waals surface area contributed by atoms with Crippen LogP contribution in [-0.4, -0.2) is 34.2 Å². The summed E-state index contributed by atoms with van der Waals surface area (Å²) in [5, 5.41) is 22.2. The molecule has 0 spiro atoms. The summed E-state index contributed by atoms with van der Waals surface area (Å²) in [6.45, 7) is 0.294. The van der Waals surface area contributed by atoms with Gasteiger partial charge in [-0.15, -0.1) is 0 Å². The standard InChI is InChI=1S/C11H14O3.CH2O3/c12-11(13)14-9-5-4-8-10-6-2-1-3-7-10;2-1(3)4/h1-3,6-7H,4-5,8-9H2,(H,12,13);(H2,2,3,4). The Morgan fingerprint density at radius 2 is 1.56 bits per heavy atom. The second kappa shape index (κ2) is 9.95. The number of unbranched alkanes of at least 4 members (excludes halogenated alkanes) is 1. The van der Waals surface area contributed by atoms with Gasteiger partial charge in [0.1, 0.15) is 0 Å². The number of carbonyl (C=O) groups is 2. The molecule has 0 aliphatic rings. The highest BCUT2D eigenvalue weighted by Crippen LogP contribution is 2.04. The largest absolute Gasteiger partial charge is 0.505 e. The summed E-state index contributed by atoms with van der Waals surface area (Å²) in [6.07, 6.45) is -0.313. The molecule has 0 atom stereocenters. The molecule has 0 fully saturated rings. The van der Waals surface area contributed by atoms with Crippen LogP contribution in [0.3, 0.4) is 0 Å². The zero-order valence-corrected chi connectivity index (χ0v) is 9.78. The maximum absolute atomic E-state index is 10.0. The van der Waals surface area contributed by atoms with Crippen LogP contribution in [0.4, 0.5) is 9.59 Å². The molecule has 1 rings (SSSR count). The lowest BCUT2D eigenvalue weighted by atomic mass is 10.1. The van der Waals surface area contributed by atoms with Crippen molar-refractivity contribution in [3.63, 3.8) is 0 Å². The lowest BCUT2D eigenvalue weighted by Crippen LogP contribution is -2.01. The van der Waals surface area contributed by atoms with Crippen molar-refractivity contribution in [3.8, 4) is 0 Å². The summed E-state index contributed by atoms with van der Waals surface area (Å²) in [6, 6.07) is 10.1. The predicted octanol–water partition coefficient (Wildman–Crippen LogP) is 2.93. The van der Waals surface area contributed by atoms with Gasteiger partial charge in [0, 0.05) is 0 Å². The van der Waals surface area contributed by atoms with E-state index in [1.807, 2.05) is 18.2 Å². The van der Waals surface area contributed by atoms with Crippen molar-refractivity contribution in [2.75, 3.05) is 6.61 Å². The van der Waals surface area contributed by atoms with Gasteiger partial charge in [0.15, 0.2) is 0 Å². The van der Waals surface area contributed by atoms with E-state index in [-0.39, 0.29) is 0 Å². The molecule has 0 saturated carbocycles. The molecule has 0 radical (unpaired) electrons. The predicted molar refractivity (Wildman–Crippen MR) is 64.0 cm³/mol. The fraction of sp³-hybridized carbons (Fsp3) is 0.333. The van der Waals surface area contributed by atoms with E-state index in [1.165, 1.54) is 5.56 Å². The summed E-state index contributed by atoms with van der Waals surface area (Å²) < 4.78 is 4.40. The Morgan fingerprint density at radius 3 is 2.06 bits per heavy atom. The number of hydrogen-bond donors (Lipinski definition) is 3. The van der Waals surface area contributed by atoms with Crippen molar-refractivity contribution in [3.05, 3.63) is 35.9 Å². The van der Waals surface area contributed by atoms with Crippen molar-refractivity contribution >= 4 is 12.3 Å². The Morgan fingerprint density at radius 1 is 1.00 bits per heavy atom. The minimum atomic E-state index is -1.83. The number of ether oxygens (including phenoxy) is 1. The molecule has 100 valence electrons. The average Bonchev–Trinajstić information content (AvgIpc) is 2.29. The smallest absolute Gasteiger partial charge is 0.450 e. The molecule has 3 N–H and O–H groups in total. The molecule has 6 heteroatoms. The van der Waals surface area contributed by atoms with Gasteiger partial charge in [0.05, 0.1) is 6.61 Å². The van der Waals surface area contributed by atoms with Gasteiger partial charge in [0.2, 0.25) is 0 Å². The van der Waals surface area contributed by atoms with E-state index >= 15 is 0 Å². The first-order chi connectivity index (χ1) is 8.52. The quantitative estimate of drug-likeness (QED) is 0.552. The first-order valence-electron chi connectivity index (χ1n) is 5.34. The van der Waals surface area contributed by atoms with Crippen LogP contribution in [0.1, 0.15) is 18.4 Å². The molecule has 6 nitrogen and oxygen atoms in total. The van der Waals surface area contributed by atoms with Gasteiger partial charge < -0.3 is 20.1 Å². The summed E-state index contributed by atoms with van der Waals surface area (Å²) in [5.74, 6) is 0. The van der Waals surface area contributed by atoms with Crippen LogP contribution in [0.25, 0.3) is 0 Å². The molecular weight excluding hydrogens is 240 g/mol. The van der Waals surface area contributed by atoms with Crippen LogP contribution in [0.2, 0.25) is 0 Å². The Hall–Kier alpha value is -2.24. The monoisotopic (exact) mass is 256 g/mol. The molecule has 18 heavy (non-hydrogen) atoms. The number of aryl methyl sites for hydroxylation is 1. The van der Waals surface area contributed by atoms with Crippen molar-refractivity contribution in [2.24, 2.45) is 0 Å². The van der Waals surface area contributed by atoms with Crippen molar-refractivity contribution in [2.45, 2.75) is 19.3 Å². The van der Waals surface area contributed by atoms with E-state index in [1.54, 1.807) is 0 Å². The first kappa shape index (κ1) is 15.8. The van der Waals surface area contributed by atoms with E-state index in [0.29, 0.717) is 6.61 Å².